The van der Waals surface area contributed by atoms with E-state index in [-0.39, 0.29) is 12.3 Å². The second kappa shape index (κ2) is 7.32. The Hall–Kier alpha value is -2.00. The standard InChI is InChI=1S/C18H20ClNO2/c1-12-5-4-6-15(10-12)22-8-7-17(21)20-18-14(3)9-13(2)11-16(18)19/h4-6,9-11H,7-8H2,1-3H3,(H,20,21). The van der Waals surface area contributed by atoms with Crippen molar-refractivity contribution in [1.29, 1.82) is 0 Å². The van der Waals surface area contributed by atoms with Gasteiger partial charge in [-0.25, -0.2) is 0 Å². The van der Waals surface area contributed by atoms with Gasteiger partial charge in [0.1, 0.15) is 5.75 Å². The van der Waals surface area contributed by atoms with Crippen LogP contribution in [0.15, 0.2) is 36.4 Å². The van der Waals surface area contributed by atoms with Gasteiger partial charge in [-0.3, -0.25) is 4.79 Å². The Morgan fingerprint density at radius 1 is 1.14 bits per heavy atom. The topological polar surface area (TPSA) is 38.3 Å². The fourth-order valence-electron chi connectivity index (χ4n) is 2.24. The van der Waals surface area contributed by atoms with Crippen LogP contribution in [0.2, 0.25) is 5.02 Å². The van der Waals surface area contributed by atoms with Crippen molar-refractivity contribution < 1.29 is 9.53 Å². The first-order valence-electron chi connectivity index (χ1n) is 7.22. The van der Waals surface area contributed by atoms with Crippen LogP contribution in [0.4, 0.5) is 5.69 Å². The summed E-state index contributed by atoms with van der Waals surface area (Å²) in [4.78, 5) is 12.0. The van der Waals surface area contributed by atoms with Gasteiger partial charge in [-0.15, -0.1) is 0 Å². The van der Waals surface area contributed by atoms with Gasteiger partial charge >= 0.3 is 0 Å². The molecule has 22 heavy (non-hydrogen) atoms. The minimum absolute atomic E-state index is 0.110. The molecule has 0 saturated heterocycles. The highest BCUT2D eigenvalue weighted by atomic mass is 35.5. The molecule has 116 valence electrons. The van der Waals surface area contributed by atoms with E-state index in [0.29, 0.717) is 17.3 Å². The van der Waals surface area contributed by atoms with E-state index in [0.717, 1.165) is 22.4 Å². The second-order valence-corrected chi connectivity index (χ2v) is 5.81. The molecule has 0 aliphatic carbocycles. The summed E-state index contributed by atoms with van der Waals surface area (Å²) in [5.41, 5.74) is 3.83. The van der Waals surface area contributed by atoms with E-state index in [1.54, 1.807) is 0 Å². The van der Waals surface area contributed by atoms with Crippen molar-refractivity contribution in [2.24, 2.45) is 0 Å². The van der Waals surface area contributed by atoms with Gasteiger partial charge in [-0.2, -0.15) is 0 Å². The zero-order valence-electron chi connectivity index (χ0n) is 13.1. The van der Waals surface area contributed by atoms with Crippen molar-refractivity contribution in [3.8, 4) is 5.75 Å². The van der Waals surface area contributed by atoms with E-state index < -0.39 is 0 Å². The summed E-state index contributed by atoms with van der Waals surface area (Å²) in [5.74, 6) is 0.666. The van der Waals surface area contributed by atoms with Crippen LogP contribution in [-0.4, -0.2) is 12.5 Å². The first kappa shape index (κ1) is 16.4. The van der Waals surface area contributed by atoms with Crippen molar-refractivity contribution >= 4 is 23.2 Å². The molecular formula is C18H20ClNO2. The molecular weight excluding hydrogens is 298 g/mol. The number of rotatable bonds is 5. The van der Waals surface area contributed by atoms with Crippen LogP contribution in [0.5, 0.6) is 5.75 Å². The SMILES string of the molecule is Cc1cccc(OCCC(=O)Nc2c(C)cc(C)cc2Cl)c1. The van der Waals surface area contributed by atoms with Crippen LogP contribution in [0.1, 0.15) is 23.1 Å². The maximum Gasteiger partial charge on any atom is 0.227 e. The van der Waals surface area contributed by atoms with Crippen LogP contribution in [0.3, 0.4) is 0 Å². The first-order chi connectivity index (χ1) is 10.5. The summed E-state index contributed by atoms with van der Waals surface area (Å²) in [6, 6.07) is 11.6. The molecule has 2 aromatic carbocycles. The molecule has 0 fully saturated rings. The van der Waals surface area contributed by atoms with Gasteiger partial charge < -0.3 is 10.1 Å². The number of hydrogen-bond acceptors (Lipinski definition) is 2. The lowest BCUT2D eigenvalue weighted by Gasteiger charge is -2.12. The number of nitrogens with one attached hydrogen (secondary N) is 1. The number of anilines is 1. The number of amides is 1. The van der Waals surface area contributed by atoms with Crippen molar-refractivity contribution in [2.45, 2.75) is 27.2 Å². The predicted octanol–water partition coefficient (Wildman–Crippen LogP) is 4.67. The lowest BCUT2D eigenvalue weighted by Crippen LogP contribution is -2.16. The molecule has 2 aromatic rings. The Bertz CT molecular complexity index is 660. The van der Waals surface area contributed by atoms with Crippen LogP contribution in [-0.2, 0) is 4.79 Å². The van der Waals surface area contributed by atoms with E-state index in [4.69, 9.17) is 16.3 Å². The Kier molecular flexibility index (Phi) is 5.45. The Balaban J connectivity index is 1.89. The normalized spacial score (nSPS) is 10.4. The first-order valence-corrected chi connectivity index (χ1v) is 7.59. The molecule has 1 N–H and O–H groups in total. The van der Waals surface area contributed by atoms with Crippen molar-refractivity contribution in [2.75, 3.05) is 11.9 Å². The fraction of sp³-hybridized carbons (Fsp3) is 0.278. The lowest BCUT2D eigenvalue weighted by molar-refractivity contribution is -0.116. The molecule has 0 spiro atoms. The van der Waals surface area contributed by atoms with Gasteiger partial charge in [0, 0.05) is 0 Å². The smallest absolute Gasteiger partial charge is 0.227 e. The van der Waals surface area contributed by atoms with E-state index in [1.165, 1.54) is 0 Å². The number of carbonyl (C=O) groups is 1. The minimum atomic E-state index is -0.110. The van der Waals surface area contributed by atoms with E-state index in [1.807, 2.05) is 57.2 Å². The highest BCUT2D eigenvalue weighted by molar-refractivity contribution is 6.34. The molecule has 0 saturated carbocycles. The summed E-state index contributed by atoms with van der Waals surface area (Å²) in [6.07, 6.45) is 0.275. The minimum Gasteiger partial charge on any atom is -0.493 e. The highest BCUT2D eigenvalue weighted by Crippen LogP contribution is 2.27. The Morgan fingerprint density at radius 2 is 1.91 bits per heavy atom. The molecule has 0 aromatic heterocycles. The molecule has 0 radical (unpaired) electrons. The Labute approximate surface area is 136 Å². The van der Waals surface area contributed by atoms with Crippen LogP contribution < -0.4 is 10.1 Å². The number of halogens is 1. The third kappa shape index (κ3) is 4.50. The summed E-state index contributed by atoms with van der Waals surface area (Å²) in [5, 5.41) is 3.41. The molecule has 0 bridgehead atoms. The second-order valence-electron chi connectivity index (χ2n) is 5.40. The van der Waals surface area contributed by atoms with Gasteiger partial charge in [-0.1, -0.05) is 29.8 Å². The maximum atomic E-state index is 12.0. The van der Waals surface area contributed by atoms with Gasteiger partial charge in [-0.05, 0) is 55.7 Å². The maximum absolute atomic E-state index is 12.0. The third-order valence-corrected chi connectivity index (χ3v) is 3.58. The van der Waals surface area contributed by atoms with Crippen molar-refractivity contribution in [1.82, 2.24) is 0 Å². The summed E-state index contributed by atoms with van der Waals surface area (Å²) >= 11 is 6.18. The van der Waals surface area contributed by atoms with Gasteiger partial charge in [0.15, 0.2) is 0 Å². The average Bonchev–Trinajstić information content (AvgIpc) is 2.43. The number of benzene rings is 2. The quantitative estimate of drug-likeness (QED) is 0.870. The highest BCUT2D eigenvalue weighted by Gasteiger charge is 2.09. The zero-order chi connectivity index (χ0) is 16.1. The lowest BCUT2D eigenvalue weighted by atomic mass is 10.1. The Morgan fingerprint density at radius 3 is 2.59 bits per heavy atom. The van der Waals surface area contributed by atoms with Gasteiger partial charge in [0.05, 0.1) is 23.7 Å². The molecule has 0 unspecified atom stereocenters. The third-order valence-electron chi connectivity index (χ3n) is 3.28. The van der Waals surface area contributed by atoms with Crippen LogP contribution in [0.25, 0.3) is 0 Å². The fourth-order valence-corrected chi connectivity index (χ4v) is 2.61. The summed E-state index contributed by atoms with van der Waals surface area (Å²) in [7, 11) is 0. The predicted molar refractivity (Wildman–Crippen MR) is 90.8 cm³/mol. The molecule has 0 aliphatic heterocycles. The summed E-state index contributed by atoms with van der Waals surface area (Å²) < 4.78 is 5.58. The van der Waals surface area contributed by atoms with Crippen LogP contribution >= 0.6 is 11.6 Å². The van der Waals surface area contributed by atoms with E-state index in [9.17, 15) is 4.79 Å². The number of carbonyl (C=O) groups excluding carboxylic acids is 1. The molecule has 2 rings (SSSR count). The largest absolute Gasteiger partial charge is 0.493 e. The van der Waals surface area contributed by atoms with Crippen LogP contribution in [0, 0.1) is 20.8 Å². The molecule has 0 atom stereocenters. The van der Waals surface area contributed by atoms with Crippen molar-refractivity contribution in [3.05, 3.63) is 58.1 Å². The van der Waals surface area contributed by atoms with Gasteiger partial charge in [0.2, 0.25) is 5.91 Å². The number of ether oxygens (including phenoxy) is 1. The molecule has 4 heteroatoms. The monoisotopic (exact) mass is 317 g/mol. The molecule has 0 heterocycles. The molecule has 0 aliphatic rings. The zero-order valence-corrected chi connectivity index (χ0v) is 13.8. The van der Waals surface area contributed by atoms with E-state index >= 15 is 0 Å². The van der Waals surface area contributed by atoms with Crippen molar-refractivity contribution in [3.63, 3.8) is 0 Å². The molecule has 1 amide bonds. The number of hydrogen-bond donors (Lipinski definition) is 1. The average molecular weight is 318 g/mol. The van der Waals surface area contributed by atoms with E-state index in [2.05, 4.69) is 5.32 Å². The van der Waals surface area contributed by atoms with Gasteiger partial charge in [0.25, 0.3) is 0 Å². The number of aryl methyl sites for hydroxylation is 3. The molecule has 3 nitrogen and oxygen atoms in total. The summed E-state index contributed by atoms with van der Waals surface area (Å²) in [6.45, 7) is 6.23.